The number of carboxylic acid groups (broad SMARTS) is 2. The van der Waals surface area contributed by atoms with Crippen LogP contribution in [0.4, 0.5) is 0 Å². The standard InChI is InChI=1S/C20H22ClNO8S2/c1-32(27,28)20(11-5-7-22-8-6-11)30-13-4-2-3-12(9-13)17-15(21)16(29-10-14(23)24)18(31-17)19(25)26/h2-4,9,11,20,22H,5-8,10H2,1H3,(H,23,24)(H,25,26). The number of benzene rings is 1. The van der Waals surface area contributed by atoms with Crippen LogP contribution in [0.3, 0.4) is 0 Å². The van der Waals surface area contributed by atoms with Crippen molar-refractivity contribution in [1.29, 1.82) is 0 Å². The Morgan fingerprint density at radius 3 is 2.56 bits per heavy atom. The summed E-state index contributed by atoms with van der Waals surface area (Å²) in [4.78, 5) is 22.5. The summed E-state index contributed by atoms with van der Waals surface area (Å²) in [6.07, 6.45) is 2.48. The normalized spacial score (nSPS) is 15.8. The van der Waals surface area contributed by atoms with Crippen LogP contribution in [-0.2, 0) is 14.6 Å². The van der Waals surface area contributed by atoms with Crippen molar-refractivity contribution < 1.29 is 37.7 Å². The van der Waals surface area contributed by atoms with Gasteiger partial charge in [-0.15, -0.1) is 11.3 Å². The molecule has 1 aromatic carbocycles. The van der Waals surface area contributed by atoms with Crippen LogP contribution in [0.25, 0.3) is 10.4 Å². The predicted octanol–water partition coefficient (Wildman–Crippen LogP) is 2.98. The second kappa shape index (κ2) is 10.1. The fraction of sp³-hybridized carbons (Fsp3) is 0.400. The van der Waals surface area contributed by atoms with Gasteiger partial charge in [-0.3, -0.25) is 0 Å². The first kappa shape index (κ1) is 24.3. The van der Waals surface area contributed by atoms with E-state index in [2.05, 4.69) is 5.32 Å². The van der Waals surface area contributed by atoms with Crippen LogP contribution < -0.4 is 14.8 Å². The molecule has 1 aliphatic rings. The molecule has 0 saturated carbocycles. The molecule has 1 unspecified atom stereocenters. The summed E-state index contributed by atoms with van der Waals surface area (Å²) in [5.41, 5.74) is -0.523. The van der Waals surface area contributed by atoms with Crippen molar-refractivity contribution in [3.8, 4) is 21.9 Å². The molecule has 2 heterocycles. The SMILES string of the molecule is CS(=O)(=O)C(Oc1cccc(-c2sc(C(=O)O)c(OCC(=O)O)c2Cl)c1)C1CCNCC1. The number of hydrogen-bond donors (Lipinski definition) is 3. The summed E-state index contributed by atoms with van der Waals surface area (Å²) in [5, 5.41) is 21.4. The third-order valence-corrected chi connectivity index (χ3v) is 7.89. The molecule has 1 aliphatic heterocycles. The zero-order chi connectivity index (χ0) is 23.5. The minimum absolute atomic E-state index is 0.0381. The number of thiophene rings is 1. The average molecular weight is 504 g/mol. The molecule has 1 aromatic heterocycles. The van der Waals surface area contributed by atoms with Crippen molar-refractivity contribution in [2.75, 3.05) is 26.0 Å². The summed E-state index contributed by atoms with van der Waals surface area (Å²) in [6.45, 7) is 0.676. The predicted molar refractivity (Wildman–Crippen MR) is 120 cm³/mol. The summed E-state index contributed by atoms with van der Waals surface area (Å²) in [6, 6.07) is 6.49. The minimum atomic E-state index is -3.50. The fourth-order valence-corrected chi connectivity index (χ4v) is 6.14. The summed E-state index contributed by atoms with van der Waals surface area (Å²) in [7, 11) is -3.50. The van der Waals surface area contributed by atoms with Gasteiger partial charge in [0, 0.05) is 12.2 Å². The van der Waals surface area contributed by atoms with Crippen molar-refractivity contribution in [3.63, 3.8) is 0 Å². The number of rotatable bonds is 9. The average Bonchev–Trinajstić information content (AvgIpc) is 3.07. The number of aliphatic carboxylic acids is 1. The molecular formula is C20H22ClNO8S2. The molecule has 0 spiro atoms. The number of aromatic carboxylic acids is 1. The first-order valence-corrected chi connectivity index (χ1v) is 12.8. The zero-order valence-electron chi connectivity index (χ0n) is 17.0. The zero-order valence-corrected chi connectivity index (χ0v) is 19.4. The quantitative estimate of drug-likeness (QED) is 0.471. The Hall–Kier alpha value is -2.34. The number of carboxylic acids is 2. The molecule has 0 aliphatic carbocycles. The third-order valence-electron chi connectivity index (χ3n) is 4.88. The number of piperidine rings is 1. The highest BCUT2D eigenvalue weighted by Gasteiger charge is 2.33. The monoisotopic (exact) mass is 503 g/mol. The lowest BCUT2D eigenvalue weighted by Gasteiger charge is -2.29. The van der Waals surface area contributed by atoms with Crippen LogP contribution in [0.5, 0.6) is 11.5 Å². The molecule has 9 nitrogen and oxygen atoms in total. The maximum absolute atomic E-state index is 12.4. The van der Waals surface area contributed by atoms with E-state index in [4.69, 9.17) is 26.2 Å². The van der Waals surface area contributed by atoms with E-state index in [1.807, 2.05) is 0 Å². The van der Waals surface area contributed by atoms with E-state index in [1.165, 1.54) is 0 Å². The van der Waals surface area contributed by atoms with Crippen molar-refractivity contribution in [3.05, 3.63) is 34.2 Å². The molecule has 2 aromatic rings. The van der Waals surface area contributed by atoms with Crippen LogP contribution >= 0.6 is 22.9 Å². The Labute approximate surface area is 193 Å². The summed E-state index contributed by atoms with van der Waals surface area (Å²) < 4.78 is 35.8. The number of hydrogen-bond acceptors (Lipinski definition) is 8. The molecule has 0 radical (unpaired) electrons. The molecule has 0 bridgehead atoms. The number of nitrogens with one attached hydrogen (secondary N) is 1. The molecule has 32 heavy (non-hydrogen) atoms. The lowest BCUT2D eigenvalue weighted by Crippen LogP contribution is -2.41. The second-order valence-electron chi connectivity index (χ2n) is 7.32. The molecule has 12 heteroatoms. The highest BCUT2D eigenvalue weighted by Crippen LogP contribution is 2.46. The number of ether oxygens (including phenoxy) is 2. The Bertz CT molecular complexity index is 1110. The highest BCUT2D eigenvalue weighted by atomic mass is 35.5. The Kier molecular flexibility index (Phi) is 7.65. The molecule has 174 valence electrons. The number of sulfone groups is 1. The van der Waals surface area contributed by atoms with E-state index >= 15 is 0 Å². The van der Waals surface area contributed by atoms with Gasteiger partial charge in [0.1, 0.15) is 10.8 Å². The van der Waals surface area contributed by atoms with Gasteiger partial charge >= 0.3 is 11.9 Å². The van der Waals surface area contributed by atoms with Crippen LogP contribution in [0.15, 0.2) is 24.3 Å². The first-order chi connectivity index (χ1) is 15.1. The Morgan fingerprint density at radius 1 is 1.28 bits per heavy atom. The molecule has 3 rings (SSSR count). The van der Waals surface area contributed by atoms with Crippen molar-refractivity contribution in [2.24, 2.45) is 5.92 Å². The van der Waals surface area contributed by atoms with Gasteiger partial charge in [-0.2, -0.15) is 0 Å². The van der Waals surface area contributed by atoms with E-state index < -0.39 is 33.8 Å². The van der Waals surface area contributed by atoms with Crippen LogP contribution in [0, 0.1) is 5.92 Å². The van der Waals surface area contributed by atoms with Crippen LogP contribution in [0.2, 0.25) is 5.02 Å². The lowest BCUT2D eigenvalue weighted by atomic mass is 9.99. The molecule has 1 saturated heterocycles. The summed E-state index contributed by atoms with van der Waals surface area (Å²) in [5.74, 6) is -2.67. The fourth-order valence-electron chi connectivity index (χ4n) is 3.48. The van der Waals surface area contributed by atoms with Crippen molar-refractivity contribution in [2.45, 2.75) is 18.3 Å². The van der Waals surface area contributed by atoms with Gasteiger partial charge in [0.25, 0.3) is 0 Å². The Balaban J connectivity index is 1.94. The number of carbonyl (C=O) groups is 2. The van der Waals surface area contributed by atoms with Gasteiger partial charge in [-0.05, 0) is 43.6 Å². The molecular weight excluding hydrogens is 482 g/mol. The van der Waals surface area contributed by atoms with Gasteiger partial charge in [0.15, 0.2) is 27.1 Å². The largest absolute Gasteiger partial charge is 0.479 e. The second-order valence-corrected chi connectivity index (χ2v) is 10.8. The molecule has 3 N–H and O–H groups in total. The summed E-state index contributed by atoms with van der Waals surface area (Å²) >= 11 is 7.16. The highest BCUT2D eigenvalue weighted by molar-refractivity contribution is 7.91. The van der Waals surface area contributed by atoms with Crippen molar-refractivity contribution in [1.82, 2.24) is 5.32 Å². The van der Waals surface area contributed by atoms with E-state index in [1.54, 1.807) is 24.3 Å². The van der Waals surface area contributed by atoms with E-state index in [9.17, 15) is 23.1 Å². The topological polar surface area (TPSA) is 139 Å². The van der Waals surface area contributed by atoms with Gasteiger partial charge in [-0.1, -0.05) is 23.7 Å². The molecule has 1 atom stereocenters. The van der Waals surface area contributed by atoms with E-state index in [0.717, 1.165) is 17.6 Å². The van der Waals surface area contributed by atoms with E-state index in [0.29, 0.717) is 42.1 Å². The van der Waals surface area contributed by atoms with Gasteiger partial charge in [0.2, 0.25) is 5.44 Å². The first-order valence-electron chi connectivity index (χ1n) is 9.64. The van der Waals surface area contributed by atoms with Gasteiger partial charge in [-0.25, -0.2) is 18.0 Å². The molecule has 0 amide bonds. The van der Waals surface area contributed by atoms with Crippen molar-refractivity contribution >= 4 is 44.7 Å². The Morgan fingerprint density at radius 2 is 1.97 bits per heavy atom. The maximum atomic E-state index is 12.4. The van der Waals surface area contributed by atoms with Gasteiger partial charge in [0.05, 0.1) is 4.88 Å². The number of halogens is 1. The van der Waals surface area contributed by atoms with Gasteiger partial charge < -0.3 is 25.0 Å². The van der Waals surface area contributed by atoms with Crippen LogP contribution in [0.1, 0.15) is 22.5 Å². The lowest BCUT2D eigenvalue weighted by molar-refractivity contribution is -0.139. The third kappa shape index (κ3) is 5.71. The maximum Gasteiger partial charge on any atom is 0.349 e. The molecule has 1 fully saturated rings. The minimum Gasteiger partial charge on any atom is -0.479 e. The smallest absolute Gasteiger partial charge is 0.349 e. The van der Waals surface area contributed by atoms with Crippen LogP contribution in [-0.4, -0.2) is 62.0 Å². The van der Waals surface area contributed by atoms with E-state index in [-0.39, 0.29) is 21.6 Å².